The highest BCUT2D eigenvalue weighted by molar-refractivity contribution is 5.97. The highest BCUT2D eigenvalue weighted by atomic mass is 16.5. The first-order valence-corrected chi connectivity index (χ1v) is 5.23. The highest BCUT2D eigenvalue weighted by Gasteiger charge is 2.13. The molecule has 0 aliphatic heterocycles. The number of carbonyl (C=O) groups excluding carboxylic acids is 1. The number of aromatic nitrogens is 3. The molecule has 0 unspecified atom stereocenters. The van der Waals surface area contributed by atoms with Gasteiger partial charge in [0.25, 0.3) is 5.91 Å². The summed E-state index contributed by atoms with van der Waals surface area (Å²) in [4.78, 5) is 15.3. The SMILES string of the molecule is Cn1ncnc1COc1c(N)cccc1C(N)=O. The van der Waals surface area contributed by atoms with E-state index in [0.29, 0.717) is 11.5 Å². The monoisotopic (exact) mass is 247 g/mol. The number of benzene rings is 1. The number of rotatable bonds is 4. The van der Waals surface area contributed by atoms with Crippen LogP contribution in [0.2, 0.25) is 0 Å². The molecule has 0 saturated carbocycles. The molecular formula is C11H13N5O2. The van der Waals surface area contributed by atoms with E-state index < -0.39 is 5.91 Å². The van der Waals surface area contributed by atoms with Crippen molar-refractivity contribution in [2.45, 2.75) is 6.61 Å². The average Bonchev–Trinajstić information content (AvgIpc) is 2.73. The number of para-hydroxylation sites is 1. The molecule has 0 saturated heterocycles. The lowest BCUT2D eigenvalue weighted by Gasteiger charge is -2.11. The van der Waals surface area contributed by atoms with Crippen molar-refractivity contribution in [2.75, 3.05) is 5.73 Å². The van der Waals surface area contributed by atoms with Crippen LogP contribution in [0.15, 0.2) is 24.5 Å². The van der Waals surface area contributed by atoms with Gasteiger partial charge in [0.15, 0.2) is 11.6 Å². The van der Waals surface area contributed by atoms with Crippen LogP contribution in [0.1, 0.15) is 16.2 Å². The van der Waals surface area contributed by atoms with Gasteiger partial charge in [0, 0.05) is 7.05 Å². The Hall–Kier alpha value is -2.57. The van der Waals surface area contributed by atoms with E-state index in [1.54, 1.807) is 29.9 Å². The molecule has 1 aromatic heterocycles. The lowest BCUT2D eigenvalue weighted by Crippen LogP contribution is -2.14. The van der Waals surface area contributed by atoms with Gasteiger partial charge in [-0.1, -0.05) is 6.07 Å². The molecule has 4 N–H and O–H groups in total. The molecule has 0 radical (unpaired) electrons. The van der Waals surface area contributed by atoms with Crippen molar-refractivity contribution >= 4 is 11.6 Å². The fourth-order valence-corrected chi connectivity index (χ4v) is 1.50. The summed E-state index contributed by atoms with van der Waals surface area (Å²) in [5, 5.41) is 3.91. The van der Waals surface area contributed by atoms with Gasteiger partial charge in [-0.25, -0.2) is 4.98 Å². The molecule has 0 spiro atoms. The van der Waals surface area contributed by atoms with Crippen LogP contribution in [-0.4, -0.2) is 20.7 Å². The average molecular weight is 247 g/mol. The van der Waals surface area contributed by atoms with Crippen molar-refractivity contribution in [3.05, 3.63) is 35.9 Å². The third-order valence-electron chi connectivity index (χ3n) is 2.46. The summed E-state index contributed by atoms with van der Waals surface area (Å²) in [6.07, 6.45) is 1.42. The molecule has 1 heterocycles. The number of hydrogen-bond donors (Lipinski definition) is 2. The van der Waals surface area contributed by atoms with Crippen molar-refractivity contribution in [1.82, 2.24) is 14.8 Å². The van der Waals surface area contributed by atoms with Crippen LogP contribution in [-0.2, 0) is 13.7 Å². The van der Waals surface area contributed by atoms with Crippen molar-refractivity contribution < 1.29 is 9.53 Å². The number of primary amides is 1. The van der Waals surface area contributed by atoms with Crippen LogP contribution in [0, 0.1) is 0 Å². The molecule has 18 heavy (non-hydrogen) atoms. The first-order chi connectivity index (χ1) is 8.59. The molecular weight excluding hydrogens is 234 g/mol. The molecule has 2 rings (SSSR count). The Kier molecular flexibility index (Phi) is 3.13. The van der Waals surface area contributed by atoms with E-state index in [0.717, 1.165) is 0 Å². The molecule has 2 aromatic rings. The Morgan fingerprint density at radius 2 is 2.28 bits per heavy atom. The van der Waals surface area contributed by atoms with Crippen LogP contribution < -0.4 is 16.2 Å². The van der Waals surface area contributed by atoms with Gasteiger partial charge in [0.05, 0.1) is 11.3 Å². The molecule has 0 aliphatic carbocycles. The third kappa shape index (κ3) is 2.24. The fourth-order valence-electron chi connectivity index (χ4n) is 1.50. The zero-order valence-corrected chi connectivity index (χ0v) is 9.83. The normalized spacial score (nSPS) is 10.3. The quantitative estimate of drug-likeness (QED) is 0.743. The summed E-state index contributed by atoms with van der Waals surface area (Å²) in [5.74, 6) is 0.303. The molecule has 7 nitrogen and oxygen atoms in total. The molecule has 0 fully saturated rings. The summed E-state index contributed by atoms with van der Waals surface area (Å²) in [7, 11) is 1.75. The third-order valence-corrected chi connectivity index (χ3v) is 2.46. The van der Waals surface area contributed by atoms with Gasteiger partial charge in [0.2, 0.25) is 0 Å². The summed E-state index contributed by atoms with van der Waals surface area (Å²) >= 11 is 0. The standard InChI is InChI=1S/C11H13N5O2/c1-16-9(14-6-15-16)5-18-10-7(11(13)17)3-2-4-8(10)12/h2-4,6H,5,12H2,1H3,(H2,13,17). The maximum absolute atomic E-state index is 11.3. The largest absolute Gasteiger partial charge is 0.483 e. The minimum atomic E-state index is -0.588. The second-order valence-electron chi connectivity index (χ2n) is 3.68. The minimum Gasteiger partial charge on any atom is -0.483 e. The lowest BCUT2D eigenvalue weighted by atomic mass is 10.1. The van der Waals surface area contributed by atoms with Crippen LogP contribution in [0.25, 0.3) is 0 Å². The number of amides is 1. The smallest absolute Gasteiger partial charge is 0.252 e. The highest BCUT2D eigenvalue weighted by Crippen LogP contribution is 2.26. The molecule has 7 heteroatoms. The van der Waals surface area contributed by atoms with E-state index in [4.69, 9.17) is 16.2 Å². The van der Waals surface area contributed by atoms with Crippen molar-refractivity contribution in [2.24, 2.45) is 12.8 Å². The van der Waals surface area contributed by atoms with E-state index in [-0.39, 0.29) is 17.9 Å². The lowest BCUT2D eigenvalue weighted by molar-refractivity contribution is 0.0996. The van der Waals surface area contributed by atoms with Crippen LogP contribution in [0.3, 0.4) is 0 Å². The first kappa shape index (κ1) is 11.9. The summed E-state index contributed by atoms with van der Waals surface area (Å²) in [6.45, 7) is 0.158. The minimum absolute atomic E-state index is 0.158. The van der Waals surface area contributed by atoms with Crippen molar-refractivity contribution in [3.8, 4) is 5.75 Å². The molecule has 0 bridgehead atoms. The molecule has 1 aromatic carbocycles. The second kappa shape index (κ2) is 4.74. The Morgan fingerprint density at radius 1 is 1.50 bits per heavy atom. The number of anilines is 1. The molecule has 94 valence electrons. The van der Waals surface area contributed by atoms with E-state index >= 15 is 0 Å². The Bertz CT molecular complexity index is 579. The van der Waals surface area contributed by atoms with Crippen molar-refractivity contribution in [1.29, 1.82) is 0 Å². The van der Waals surface area contributed by atoms with Gasteiger partial charge in [-0.15, -0.1) is 0 Å². The zero-order valence-electron chi connectivity index (χ0n) is 9.83. The summed E-state index contributed by atoms with van der Waals surface area (Å²) < 4.78 is 7.08. The number of nitrogen functional groups attached to an aromatic ring is 1. The van der Waals surface area contributed by atoms with Crippen LogP contribution >= 0.6 is 0 Å². The fraction of sp³-hybridized carbons (Fsp3) is 0.182. The number of nitrogens with zero attached hydrogens (tertiary/aromatic N) is 3. The Labute approximate surface area is 103 Å². The number of aryl methyl sites for hydroxylation is 1. The first-order valence-electron chi connectivity index (χ1n) is 5.23. The summed E-state index contributed by atoms with van der Waals surface area (Å²) in [5.41, 5.74) is 11.6. The zero-order chi connectivity index (χ0) is 13.1. The van der Waals surface area contributed by atoms with E-state index in [1.807, 2.05) is 0 Å². The number of carbonyl (C=O) groups is 1. The van der Waals surface area contributed by atoms with Gasteiger partial charge in [0.1, 0.15) is 12.9 Å². The number of hydrogen-bond acceptors (Lipinski definition) is 5. The molecule has 0 aliphatic rings. The van der Waals surface area contributed by atoms with Gasteiger partial charge in [-0.3, -0.25) is 9.48 Å². The topological polar surface area (TPSA) is 109 Å². The predicted molar refractivity (Wildman–Crippen MR) is 64.7 cm³/mol. The molecule has 1 amide bonds. The van der Waals surface area contributed by atoms with Gasteiger partial charge in [-0.05, 0) is 12.1 Å². The van der Waals surface area contributed by atoms with Gasteiger partial charge < -0.3 is 16.2 Å². The Morgan fingerprint density at radius 3 is 2.89 bits per heavy atom. The van der Waals surface area contributed by atoms with Gasteiger partial charge in [-0.2, -0.15) is 5.10 Å². The van der Waals surface area contributed by atoms with E-state index in [2.05, 4.69) is 10.1 Å². The van der Waals surface area contributed by atoms with Gasteiger partial charge >= 0.3 is 0 Å². The van der Waals surface area contributed by atoms with Crippen molar-refractivity contribution in [3.63, 3.8) is 0 Å². The number of ether oxygens (including phenoxy) is 1. The van der Waals surface area contributed by atoms with E-state index in [9.17, 15) is 4.79 Å². The van der Waals surface area contributed by atoms with Crippen LogP contribution in [0.5, 0.6) is 5.75 Å². The Balaban J connectivity index is 2.24. The second-order valence-corrected chi connectivity index (χ2v) is 3.68. The summed E-state index contributed by atoms with van der Waals surface area (Å²) in [6, 6.07) is 4.84. The maximum atomic E-state index is 11.3. The predicted octanol–water partition coefficient (Wildman–Crippen LogP) is 0.0752. The number of nitrogens with two attached hydrogens (primary N) is 2. The molecule has 0 atom stereocenters. The van der Waals surface area contributed by atoms with Crippen LogP contribution in [0.4, 0.5) is 5.69 Å². The van der Waals surface area contributed by atoms with E-state index in [1.165, 1.54) is 6.33 Å². The maximum Gasteiger partial charge on any atom is 0.252 e.